The maximum Gasteiger partial charge on any atom is 0.329 e. The highest BCUT2D eigenvalue weighted by atomic mass is 16.6. The summed E-state index contributed by atoms with van der Waals surface area (Å²) in [6, 6.07) is 0. The molecule has 0 radical (unpaired) electrons. The Labute approximate surface area is 104 Å². The fourth-order valence-electron chi connectivity index (χ4n) is 2.04. The Kier molecular flexibility index (Phi) is 3.56. The van der Waals surface area contributed by atoms with Crippen molar-refractivity contribution in [1.29, 1.82) is 0 Å². The quantitative estimate of drug-likeness (QED) is 0.620. The van der Waals surface area contributed by atoms with Crippen LogP contribution in [-0.2, 0) is 4.74 Å². The Morgan fingerprint density at radius 3 is 2.78 bits per heavy atom. The van der Waals surface area contributed by atoms with Crippen LogP contribution in [0.25, 0.3) is 0 Å². The molecule has 0 aliphatic carbocycles. The van der Waals surface area contributed by atoms with E-state index in [2.05, 4.69) is 9.97 Å². The molecule has 8 nitrogen and oxygen atoms in total. The monoisotopic (exact) mass is 253 g/mol. The van der Waals surface area contributed by atoms with Gasteiger partial charge in [0.2, 0.25) is 11.8 Å². The van der Waals surface area contributed by atoms with Crippen molar-refractivity contribution in [3.8, 4) is 0 Å². The molecule has 1 aliphatic heterocycles. The zero-order valence-electron chi connectivity index (χ0n) is 10.1. The highest BCUT2D eigenvalue weighted by Crippen LogP contribution is 2.28. The van der Waals surface area contributed by atoms with Gasteiger partial charge in [-0.1, -0.05) is 0 Å². The van der Waals surface area contributed by atoms with Crippen LogP contribution in [-0.4, -0.2) is 41.2 Å². The minimum absolute atomic E-state index is 0.0458. The number of rotatable bonds is 3. The maximum atomic E-state index is 10.9. The van der Waals surface area contributed by atoms with Crippen molar-refractivity contribution in [2.45, 2.75) is 18.9 Å². The number of anilines is 2. The average molecular weight is 253 g/mol. The Morgan fingerprint density at radius 2 is 2.22 bits per heavy atom. The summed E-state index contributed by atoms with van der Waals surface area (Å²) >= 11 is 0. The SMILES string of the molecule is COC1CCN(c2nc(N)ncc2[N+](=O)[O-])CC1. The van der Waals surface area contributed by atoms with Crippen molar-refractivity contribution in [3.05, 3.63) is 16.3 Å². The van der Waals surface area contributed by atoms with Crippen molar-refractivity contribution in [2.24, 2.45) is 0 Å². The van der Waals surface area contributed by atoms with E-state index in [1.807, 2.05) is 4.90 Å². The number of hydrogen-bond donors (Lipinski definition) is 1. The highest BCUT2D eigenvalue weighted by Gasteiger charge is 2.26. The minimum Gasteiger partial charge on any atom is -0.381 e. The molecular formula is C10H15N5O3. The lowest BCUT2D eigenvalue weighted by molar-refractivity contribution is -0.384. The van der Waals surface area contributed by atoms with E-state index < -0.39 is 4.92 Å². The maximum absolute atomic E-state index is 10.9. The molecule has 2 N–H and O–H groups in total. The van der Waals surface area contributed by atoms with Gasteiger partial charge in [-0.25, -0.2) is 4.98 Å². The number of nitrogens with two attached hydrogens (primary N) is 1. The topological polar surface area (TPSA) is 107 Å². The van der Waals surface area contributed by atoms with E-state index >= 15 is 0 Å². The number of ether oxygens (including phenoxy) is 1. The van der Waals surface area contributed by atoms with Crippen molar-refractivity contribution in [1.82, 2.24) is 9.97 Å². The van der Waals surface area contributed by atoms with Gasteiger partial charge < -0.3 is 15.4 Å². The molecule has 0 spiro atoms. The van der Waals surface area contributed by atoms with E-state index in [4.69, 9.17) is 10.5 Å². The molecule has 1 saturated heterocycles. The van der Waals surface area contributed by atoms with Gasteiger partial charge in [0.15, 0.2) is 0 Å². The van der Waals surface area contributed by atoms with Gasteiger partial charge in [0.05, 0.1) is 11.0 Å². The molecule has 98 valence electrons. The zero-order valence-corrected chi connectivity index (χ0v) is 10.1. The molecule has 2 rings (SSSR count). The van der Waals surface area contributed by atoms with Crippen molar-refractivity contribution < 1.29 is 9.66 Å². The highest BCUT2D eigenvalue weighted by molar-refractivity contribution is 5.58. The number of nitro groups is 1. The summed E-state index contributed by atoms with van der Waals surface area (Å²) in [6.45, 7) is 1.32. The first kappa shape index (κ1) is 12.5. The van der Waals surface area contributed by atoms with Gasteiger partial charge in [0, 0.05) is 20.2 Å². The summed E-state index contributed by atoms with van der Waals surface area (Å²) in [4.78, 5) is 19.9. The van der Waals surface area contributed by atoms with E-state index in [0.29, 0.717) is 18.9 Å². The number of hydrogen-bond acceptors (Lipinski definition) is 7. The van der Waals surface area contributed by atoms with Crippen LogP contribution in [0, 0.1) is 10.1 Å². The molecule has 0 saturated carbocycles. The Bertz CT molecular complexity index is 445. The van der Waals surface area contributed by atoms with E-state index in [0.717, 1.165) is 19.0 Å². The molecule has 18 heavy (non-hydrogen) atoms. The first-order valence-electron chi connectivity index (χ1n) is 5.66. The molecule has 1 fully saturated rings. The predicted molar refractivity (Wildman–Crippen MR) is 65.3 cm³/mol. The second-order valence-corrected chi connectivity index (χ2v) is 4.12. The lowest BCUT2D eigenvalue weighted by Gasteiger charge is -2.31. The summed E-state index contributed by atoms with van der Waals surface area (Å²) in [5.41, 5.74) is 5.38. The number of methoxy groups -OCH3 is 1. The summed E-state index contributed by atoms with van der Waals surface area (Å²) in [5.74, 6) is 0.339. The summed E-state index contributed by atoms with van der Waals surface area (Å²) < 4.78 is 5.26. The van der Waals surface area contributed by atoms with Gasteiger partial charge in [0.25, 0.3) is 0 Å². The van der Waals surface area contributed by atoms with Crippen LogP contribution >= 0.6 is 0 Å². The second kappa shape index (κ2) is 5.13. The Balaban J connectivity index is 2.22. The third kappa shape index (κ3) is 2.48. The number of aromatic nitrogens is 2. The predicted octanol–water partition coefficient (Wildman–Crippen LogP) is 0.582. The fourth-order valence-corrected chi connectivity index (χ4v) is 2.04. The number of nitrogens with zero attached hydrogens (tertiary/aromatic N) is 4. The molecule has 1 aromatic heterocycles. The molecule has 0 unspecified atom stereocenters. The third-order valence-corrected chi connectivity index (χ3v) is 3.04. The van der Waals surface area contributed by atoms with Gasteiger partial charge in [0.1, 0.15) is 6.20 Å². The minimum atomic E-state index is -0.489. The van der Waals surface area contributed by atoms with Gasteiger partial charge in [-0.2, -0.15) is 4.98 Å². The lowest BCUT2D eigenvalue weighted by Crippen LogP contribution is -2.37. The van der Waals surface area contributed by atoms with Crippen LogP contribution in [0.1, 0.15) is 12.8 Å². The van der Waals surface area contributed by atoms with E-state index in [9.17, 15) is 10.1 Å². The molecule has 0 aromatic carbocycles. The summed E-state index contributed by atoms with van der Waals surface area (Å²) in [6.07, 6.45) is 2.99. The number of nitrogen functional groups attached to an aromatic ring is 1. The smallest absolute Gasteiger partial charge is 0.329 e. The summed E-state index contributed by atoms with van der Waals surface area (Å²) in [7, 11) is 1.67. The molecular weight excluding hydrogens is 238 g/mol. The Hall–Kier alpha value is -1.96. The van der Waals surface area contributed by atoms with Crippen LogP contribution in [0.2, 0.25) is 0 Å². The summed E-state index contributed by atoms with van der Waals surface area (Å²) in [5, 5.41) is 10.9. The molecule has 1 aromatic rings. The lowest BCUT2D eigenvalue weighted by atomic mass is 10.1. The molecule has 1 aliphatic rings. The standard InChI is InChI=1S/C10H15N5O3/c1-18-7-2-4-14(5-3-7)9-8(15(16)17)6-12-10(11)13-9/h6-7H,2-5H2,1H3,(H2,11,12,13). The van der Waals surface area contributed by atoms with Gasteiger partial charge in [-0.3, -0.25) is 10.1 Å². The van der Waals surface area contributed by atoms with Crippen LogP contribution < -0.4 is 10.6 Å². The fraction of sp³-hybridized carbons (Fsp3) is 0.600. The van der Waals surface area contributed by atoms with Gasteiger partial charge in [-0.15, -0.1) is 0 Å². The van der Waals surface area contributed by atoms with Crippen LogP contribution in [0.5, 0.6) is 0 Å². The molecule has 0 amide bonds. The normalized spacial score (nSPS) is 16.8. The zero-order chi connectivity index (χ0) is 13.1. The van der Waals surface area contributed by atoms with Crippen molar-refractivity contribution in [2.75, 3.05) is 30.8 Å². The third-order valence-electron chi connectivity index (χ3n) is 3.04. The largest absolute Gasteiger partial charge is 0.381 e. The molecule has 2 heterocycles. The van der Waals surface area contributed by atoms with Crippen molar-refractivity contribution in [3.63, 3.8) is 0 Å². The molecule has 8 heteroatoms. The van der Waals surface area contributed by atoms with Crippen molar-refractivity contribution >= 4 is 17.5 Å². The van der Waals surface area contributed by atoms with Gasteiger partial charge >= 0.3 is 5.69 Å². The molecule has 0 atom stereocenters. The van der Waals surface area contributed by atoms with Crippen LogP contribution in [0.15, 0.2) is 6.20 Å². The Morgan fingerprint density at radius 1 is 1.56 bits per heavy atom. The molecule has 0 bridgehead atoms. The van der Waals surface area contributed by atoms with Gasteiger partial charge in [-0.05, 0) is 12.8 Å². The number of piperidine rings is 1. The first-order valence-corrected chi connectivity index (χ1v) is 5.66. The van der Waals surface area contributed by atoms with E-state index in [1.165, 1.54) is 0 Å². The van der Waals surface area contributed by atoms with E-state index in [1.54, 1.807) is 7.11 Å². The van der Waals surface area contributed by atoms with E-state index in [-0.39, 0.29) is 17.7 Å². The van der Waals surface area contributed by atoms with Crippen LogP contribution in [0.3, 0.4) is 0 Å². The first-order chi connectivity index (χ1) is 8.61. The second-order valence-electron chi connectivity index (χ2n) is 4.12. The van der Waals surface area contributed by atoms with Crippen LogP contribution in [0.4, 0.5) is 17.5 Å². The average Bonchev–Trinajstić information content (AvgIpc) is 2.38.